The molecule has 2 aliphatic heterocycles. The lowest BCUT2D eigenvalue weighted by Gasteiger charge is -2.47. The van der Waals surface area contributed by atoms with E-state index < -0.39 is 0 Å². The van der Waals surface area contributed by atoms with Gasteiger partial charge in [-0.2, -0.15) is 0 Å². The predicted molar refractivity (Wildman–Crippen MR) is 181 cm³/mol. The molecule has 242 valence electrons. The summed E-state index contributed by atoms with van der Waals surface area (Å²) in [7, 11) is 0. The van der Waals surface area contributed by atoms with Crippen molar-refractivity contribution in [1.82, 2.24) is 4.90 Å². The molecular formula is C40H47NO5. The number of rotatable bonds is 15. The molecule has 0 radical (unpaired) electrons. The van der Waals surface area contributed by atoms with Gasteiger partial charge in [0.25, 0.3) is 0 Å². The lowest BCUT2D eigenvalue weighted by Crippen LogP contribution is -2.62. The summed E-state index contributed by atoms with van der Waals surface area (Å²) in [6.07, 6.45) is 1.45. The van der Waals surface area contributed by atoms with Crippen LogP contribution in [0.3, 0.4) is 0 Å². The standard InChI is InChI=1S/C40H47NO5/c1-31-39(45-28-34-13-7-3-8-14-34)40(46-29-35-15-9-4-10-16-35)38(44-27-33-11-5-2-6-12-33)25-41(31)23-21-32-17-19-37(20-18-32)43-30-36-22-24-42-26-36/h2-20,31,36,38-40H,21-30H2,1H3/t31-,36?,38+,39-,40-/m1/s1. The Labute approximate surface area is 274 Å². The first kappa shape index (κ1) is 32.4. The van der Waals surface area contributed by atoms with Crippen LogP contribution in [0.25, 0.3) is 0 Å². The Kier molecular flexibility index (Phi) is 11.9. The van der Waals surface area contributed by atoms with E-state index in [1.807, 2.05) is 18.2 Å². The summed E-state index contributed by atoms with van der Waals surface area (Å²) >= 11 is 0. The van der Waals surface area contributed by atoms with Gasteiger partial charge in [-0.15, -0.1) is 0 Å². The minimum atomic E-state index is -0.222. The third kappa shape index (κ3) is 9.27. The van der Waals surface area contributed by atoms with E-state index in [0.717, 1.165) is 61.6 Å². The molecule has 0 aliphatic carbocycles. The Hall–Kier alpha value is -3.52. The first-order valence-electron chi connectivity index (χ1n) is 16.7. The van der Waals surface area contributed by atoms with E-state index in [4.69, 9.17) is 23.7 Å². The van der Waals surface area contributed by atoms with E-state index in [1.54, 1.807) is 0 Å². The van der Waals surface area contributed by atoms with Crippen molar-refractivity contribution in [3.05, 3.63) is 138 Å². The first-order chi connectivity index (χ1) is 22.7. The van der Waals surface area contributed by atoms with E-state index in [-0.39, 0.29) is 24.4 Å². The molecule has 6 nitrogen and oxygen atoms in total. The zero-order chi connectivity index (χ0) is 31.4. The minimum Gasteiger partial charge on any atom is -0.493 e. The molecule has 2 heterocycles. The summed E-state index contributed by atoms with van der Waals surface area (Å²) in [4.78, 5) is 2.51. The van der Waals surface area contributed by atoms with Crippen molar-refractivity contribution >= 4 is 0 Å². The molecule has 2 fully saturated rings. The maximum absolute atomic E-state index is 6.76. The van der Waals surface area contributed by atoms with Crippen LogP contribution in [-0.4, -0.2) is 62.2 Å². The smallest absolute Gasteiger partial charge is 0.119 e. The fraction of sp³-hybridized carbons (Fsp3) is 0.400. The van der Waals surface area contributed by atoms with Crippen LogP contribution >= 0.6 is 0 Å². The van der Waals surface area contributed by atoms with Gasteiger partial charge in [-0.25, -0.2) is 0 Å². The van der Waals surface area contributed by atoms with E-state index >= 15 is 0 Å². The maximum atomic E-state index is 6.76. The lowest BCUT2D eigenvalue weighted by molar-refractivity contribution is -0.200. The van der Waals surface area contributed by atoms with Gasteiger partial charge in [0, 0.05) is 31.7 Å². The number of nitrogens with zero attached hydrogens (tertiary/aromatic N) is 1. The second-order valence-electron chi connectivity index (χ2n) is 12.5. The molecule has 0 N–H and O–H groups in total. The van der Waals surface area contributed by atoms with Crippen LogP contribution in [0.15, 0.2) is 115 Å². The van der Waals surface area contributed by atoms with Crippen molar-refractivity contribution in [3.63, 3.8) is 0 Å². The van der Waals surface area contributed by atoms with Crippen LogP contribution in [0, 0.1) is 5.92 Å². The molecule has 2 saturated heterocycles. The third-order valence-corrected chi connectivity index (χ3v) is 9.15. The molecule has 6 rings (SSSR count). The zero-order valence-electron chi connectivity index (χ0n) is 26.9. The molecule has 6 heteroatoms. The molecule has 0 bridgehead atoms. The molecule has 1 unspecified atom stereocenters. The van der Waals surface area contributed by atoms with Crippen LogP contribution in [0.4, 0.5) is 0 Å². The Balaban J connectivity index is 1.16. The highest BCUT2D eigenvalue weighted by molar-refractivity contribution is 5.27. The van der Waals surface area contributed by atoms with E-state index in [0.29, 0.717) is 32.3 Å². The van der Waals surface area contributed by atoms with Crippen molar-refractivity contribution in [2.24, 2.45) is 5.92 Å². The molecule has 4 aromatic carbocycles. The van der Waals surface area contributed by atoms with Crippen molar-refractivity contribution in [2.45, 2.75) is 63.9 Å². The average molecular weight is 622 g/mol. The maximum Gasteiger partial charge on any atom is 0.119 e. The van der Waals surface area contributed by atoms with Crippen molar-refractivity contribution < 1.29 is 23.7 Å². The first-order valence-corrected chi connectivity index (χ1v) is 16.7. The van der Waals surface area contributed by atoms with Gasteiger partial charge in [0.2, 0.25) is 0 Å². The number of likely N-dealkylation sites (tertiary alicyclic amines) is 1. The molecule has 0 spiro atoms. The summed E-state index contributed by atoms with van der Waals surface area (Å²) in [5.74, 6) is 1.42. The van der Waals surface area contributed by atoms with Crippen molar-refractivity contribution in [3.8, 4) is 5.75 Å². The molecule has 2 aliphatic rings. The Morgan fingerprint density at radius 1 is 0.652 bits per heavy atom. The summed E-state index contributed by atoms with van der Waals surface area (Å²) in [5.41, 5.74) is 4.73. The van der Waals surface area contributed by atoms with Gasteiger partial charge >= 0.3 is 0 Å². The predicted octanol–water partition coefficient (Wildman–Crippen LogP) is 7.10. The van der Waals surface area contributed by atoms with Crippen molar-refractivity contribution in [2.75, 3.05) is 32.9 Å². The van der Waals surface area contributed by atoms with Gasteiger partial charge in [0.1, 0.15) is 18.0 Å². The molecule has 5 atom stereocenters. The van der Waals surface area contributed by atoms with Crippen LogP contribution in [0.5, 0.6) is 5.75 Å². The highest BCUT2D eigenvalue weighted by Crippen LogP contribution is 2.29. The zero-order valence-corrected chi connectivity index (χ0v) is 26.9. The van der Waals surface area contributed by atoms with E-state index in [2.05, 4.69) is 109 Å². The monoisotopic (exact) mass is 621 g/mol. The Morgan fingerprint density at radius 3 is 1.78 bits per heavy atom. The summed E-state index contributed by atoms with van der Waals surface area (Å²) in [6, 6.07) is 39.8. The van der Waals surface area contributed by atoms with Crippen LogP contribution in [0.2, 0.25) is 0 Å². The largest absolute Gasteiger partial charge is 0.493 e. The highest BCUT2D eigenvalue weighted by Gasteiger charge is 2.44. The number of piperidine rings is 1. The number of hydrogen-bond donors (Lipinski definition) is 0. The highest BCUT2D eigenvalue weighted by atomic mass is 16.6. The van der Waals surface area contributed by atoms with Gasteiger partial charge in [-0.3, -0.25) is 4.90 Å². The summed E-state index contributed by atoms with van der Waals surface area (Å²) < 4.78 is 31.7. The molecule has 46 heavy (non-hydrogen) atoms. The number of hydrogen-bond acceptors (Lipinski definition) is 6. The Bertz CT molecular complexity index is 1410. The summed E-state index contributed by atoms with van der Waals surface area (Å²) in [5, 5.41) is 0. The fourth-order valence-corrected chi connectivity index (χ4v) is 6.34. The minimum absolute atomic E-state index is 0.136. The summed E-state index contributed by atoms with van der Waals surface area (Å²) in [6.45, 7) is 7.85. The topological polar surface area (TPSA) is 49.4 Å². The average Bonchev–Trinajstić information content (AvgIpc) is 3.64. The Morgan fingerprint density at radius 2 is 1.22 bits per heavy atom. The second-order valence-corrected chi connectivity index (χ2v) is 12.5. The van der Waals surface area contributed by atoms with Gasteiger partial charge in [0.15, 0.2) is 0 Å². The lowest BCUT2D eigenvalue weighted by atomic mass is 9.93. The van der Waals surface area contributed by atoms with E-state index in [9.17, 15) is 0 Å². The van der Waals surface area contributed by atoms with Crippen LogP contribution in [-0.2, 0) is 45.2 Å². The van der Waals surface area contributed by atoms with Crippen LogP contribution in [0.1, 0.15) is 35.6 Å². The normalized spacial score (nSPS) is 23.4. The van der Waals surface area contributed by atoms with Gasteiger partial charge in [0.05, 0.1) is 39.1 Å². The SMILES string of the molecule is C[C@@H]1[C@@H](OCc2ccccc2)[C@H](OCc2ccccc2)[C@@H](OCc2ccccc2)CN1CCc1ccc(OCC2CCOC2)cc1. The molecule has 4 aromatic rings. The molecule has 0 aromatic heterocycles. The van der Waals surface area contributed by atoms with Gasteiger partial charge in [-0.1, -0.05) is 103 Å². The molecule has 0 amide bonds. The van der Waals surface area contributed by atoms with Gasteiger partial charge in [-0.05, 0) is 54.2 Å². The van der Waals surface area contributed by atoms with Crippen LogP contribution < -0.4 is 4.74 Å². The number of ether oxygens (including phenoxy) is 5. The fourth-order valence-electron chi connectivity index (χ4n) is 6.34. The molecule has 0 saturated carbocycles. The third-order valence-electron chi connectivity index (χ3n) is 9.15. The number of benzene rings is 4. The van der Waals surface area contributed by atoms with E-state index in [1.165, 1.54) is 5.56 Å². The molecular weight excluding hydrogens is 574 g/mol. The van der Waals surface area contributed by atoms with Gasteiger partial charge < -0.3 is 23.7 Å². The second kappa shape index (κ2) is 16.9. The quantitative estimate of drug-likeness (QED) is 0.141. The van der Waals surface area contributed by atoms with Crippen molar-refractivity contribution in [1.29, 1.82) is 0 Å².